The van der Waals surface area contributed by atoms with Crippen LogP contribution in [0.2, 0.25) is 0 Å². The summed E-state index contributed by atoms with van der Waals surface area (Å²) in [5.74, 6) is 0.722. The van der Waals surface area contributed by atoms with Gasteiger partial charge < -0.3 is 10.6 Å². The van der Waals surface area contributed by atoms with Crippen molar-refractivity contribution in [1.29, 1.82) is 0 Å². The first-order valence-corrected chi connectivity index (χ1v) is 7.19. The van der Waals surface area contributed by atoms with E-state index < -0.39 is 0 Å². The second-order valence-electron chi connectivity index (χ2n) is 5.62. The highest BCUT2D eigenvalue weighted by molar-refractivity contribution is 5.80. The number of hydrogen-bond acceptors (Lipinski definition) is 2. The van der Waals surface area contributed by atoms with Gasteiger partial charge in [-0.25, -0.2) is 0 Å². The van der Waals surface area contributed by atoms with Gasteiger partial charge in [0.2, 0.25) is 5.91 Å². The summed E-state index contributed by atoms with van der Waals surface area (Å²) in [6.45, 7) is 8.07. The summed E-state index contributed by atoms with van der Waals surface area (Å²) in [4.78, 5) is 12.3. The van der Waals surface area contributed by atoms with Crippen molar-refractivity contribution in [2.75, 3.05) is 13.1 Å². The topological polar surface area (TPSA) is 41.1 Å². The molecule has 1 saturated heterocycles. The third kappa shape index (κ3) is 3.35. The van der Waals surface area contributed by atoms with Crippen LogP contribution in [0.4, 0.5) is 0 Å². The highest BCUT2D eigenvalue weighted by Gasteiger charge is 2.30. The first-order chi connectivity index (χ1) is 9.11. The number of benzene rings is 1. The van der Waals surface area contributed by atoms with Crippen LogP contribution >= 0.6 is 0 Å². The molecule has 1 aliphatic heterocycles. The minimum atomic E-state index is 0.111. The molecule has 0 aromatic heterocycles. The second-order valence-corrected chi connectivity index (χ2v) is 5.62. The van der Waals surface area contributed by atoms with Crippen molar-refractivity contribution in [2.24, 2.45) is 11.8 Å². The standard InChI is InChI=1S/C16H24N2O/c1-4-15(13-7-5-11(2)6-8-13)18-16(19)14-10-17-9-12(14)3/h5-8,12,14-15,17H,4,9-10H2,1-3H3,(H,18,19)/t12-,14-,15?/m1/s1. The number of hydrogen-bond donors (Lipinski definition) is 2. The van der Waals surface area contributed by atoms with E-state index in [9.17, 15) is 4.79 Å². The van der Waals surface area contributed by atoms with E-state index in [1.54, 1.807) is 0 Å². The predicted octanol–water partition coefficient (Wildman–Crippen LogP) is 2.42. The Morgan fingerprint density at radius 2 is 2.05 bits per heavy atom. The zero-order valence-electron chi connectivity index (χ0n) is 12.1. The van der Waals surface area contributed by atoms with Crippen LogP contribution in [0.25, 0.3) is 0 Å². The molecule has 1 fully saturated rings. The molecule has 1 heterocycles. The first-order valence-electron chi connectivity index (χ1n) is 7.19. The summed E-state index contributed by atoms with van der Waals surface area (Å²) < 4.78 is 0. The SMILES string of the molecule is CCC(NC(=O)[C@@H]1CNC[C@H]1C)c1ccc(C)cc1. The van der Waals surface area contributed by atoms with Crippen molar-refractivity contribution in [3.8, 4) is 0 Å². The lowest BCUT2D eigenvalue weighted by Gasteiger charge is -2.21. The van der Waals surface area contributed by atoms with E-state index in [4.69, 9.17) is 0 Å². The van der Waals surface area contributed by atoms with E-state index in [0.29, 0.717) is 5.92 Å². The minimum Gasteiger partial charge on any atom is -0.349 e. The van der Waals surface area contributed by atoms with E-state index in [-0.39, 0.29) is 17.9 Å². The molecule has 1 aromatic rings. The summed E-state index contributed by atoms with van der Waals surface area (Å²) >= 11 is 0. The lowest BCUT2D eigenvalue weighted by molar-refractivity contribution is -0.126. The van der Waals surface area contributed by atoms with Crippen LogP contribution in [0.15, 0.2) is 24.3 Å². The normalized spacial score (nSPS) is 24.2. The molecule has 0 bridgehead atoms. The molecule has 0 spiro atoms. The lowest BCUT2D eigenvalue weighted by atomic mass is 9.95. The van der Waals surface area contributed by atoms with E-state index in [1.807, 2.05) is 0 Å². The van der Waals surface area contributed by atoms with Crippen LogP contribution in [0.5, 0.6) is 0 Å². The van der Waals surface area contributed by atoms with Gasteiger partial charge in [-0.15, -0.1) is 0 Å². The van der Waals surface area contributed by atoms with Gasteiger partial charge in [-0.05, 0) is 31.4 Å². The zero-order chi connectivity index (χ0) is 13.8. The summed E-state index contributed by atoms with van der Waals surface area (Å²) in [5.41, 5.74) is 2.44. The fraction of sp³-hybridized carbons (Fsp3) is 0.562. The Kier molecular flexibility index (Phi) is 4.59. The molecule has 0 saturated carbocycles. The Labute approximate surface area is 115 Å². The van der Waals surface area contributed by atoms with Crippen LogP contribution < -0.4 is 10.6 Å². The number of rotatable bonds is 4. The van der Waals surface area contributed by atoms with Crippen LogP contribution in [0, 0.1) is 18.8 Å². The van der Waals surface area contributed by atoms with Crippen LogP contribution in [-0.4, -0.2) is 19.0 Å². The predicted molar refractivity (Wildman–Crippen MR) is 77.9 cm³/mol. The third-order valence-electron chi connectivity index (χ3n) is 4.06. The number of carbonyl (C=O) groups is 1. The highest BCUT2D eigenvalue weighted by atomic mass is 16.2. The number of aryl methyl sites for hydroxylation is 1. The molecule has 3 atom stereocenters. The molecule has 1 aliphatic rings. The molecular formula is C16H24N2O. The molecule has 0 radical (unpaired) electrons. The van der Waals surface area contributed by atoms with E-state index in [1.165, 1.54) is 11.1 Å². The molecule has 2 N–H and O–H groups in total. The molecule has 1 unspecified atom stereocenters. The molecule has 104 valence electrons. The van der Waals surface area contributed by atoms with Crippen molar-refractivity contribution in [3.05, 3.63) is 35.4 Å². The quantitative estimate of drug-likeness (QED) is 0.873. The molecular weight excluding hydrogens is 236 g/mol. The van der Waals surface area contributed by atoms with E-state index in [0.717, 1.165) is 19.5 Å². The summed E-state index contributed by atoms with van der Waals surface area (Å²) in [6, 6.07) is 8.55. The lowest BCUT2D eigenvalue weighted by Crippen LogP contribution is -2.36. The molecule has 1 aromatic carbocycles. The van der Waals surface area contributed by atoms with Gasteiger partial charge in [0.25, 0.3) is 0 Å². The Morgan fingerprint density at radius 3 is 2.58 bits per heavy atom. The largest absolute Gasteiger partial charge is 0.349 e. The summed E-state index contributed by atoms with van der Waals surface area (Å²) in [5, 5.41) is 6.48. The number of nitrogens with one attached hydrogen (secondary N) is 2. The van der Waals surface area contributed by atoms with Crippen LogP contribution in [-0.2, 0) is 4.79 Å². The van der Waals surface area contributed by atoms with Gasteiger partial charge in [0.05, 0.1) is 12.0 Å². The second kappa shape index (κ2) is 6.20. The van der Waals surface area contributed by atoms with Gasteiger partial charge in [0.15, 0.2) is 0 Å². The highest BCUT2D eigenvalue weighted by Crippen LogP contribution is 2.21. The smallest absolute Gasteiger partial charge is 0.225 e. The van der Waals surface area contributed by atoms with Crippen LogP contribution in [0.3, 0.4) is 0 Å². The van der Waals surface area contributed by atoms with Gasteiger partial charge in [-0.3, -0.25) is 4.79 Å². The minimum absolute atomic E-state index is 0.111. The number of amides is 1. The monoisotopic (exact) mass is 260 g/mol. The van der Waals surface area contributed by atoms with E-state index in [2.05, 4.69) is 55.7 Å². The fourth-order valence-electron chi connectivity index (χ4n) is 2.66. The van der Waals surface area contributed by atoms with Gasteiger partial charge in [0, 0.05) is 6.54 Å². The summed E-state index contributed by atoms with van der Waals surface area (Å²) in [7, 11) is 0. The maximum atomic E-state index is 12.3. The van der Waals surface area contributed by atoms with Crippen molar-refractivity contribution >= 4 is 5.91 Å². The molecule has 3 nitrogen and oxygen atoms in total. The molecule has 19 heavy (non-hydrogen) atoms. The molecule has 3 heteroatoms. The average Bonchev–Trinajstić information content (AvgIpc) is 2.83. The Bertz CT molecular complexity index is 427. The Morgan fingerprint density at radius 1 is 1.37 bits per heavy atom. The number of carbonyl (C=O) groups excluding carboxylic acids is 1. The summed E-state index contributed by atoms with van der Waals surface area (Å²) in [6.07, 6.45) is 0.920. The molecule has 2 rings (SSSR count). The first kappa shape index (κ1) is 14.1. The van der Waals surface area contributed by atoms with Gasteiger partial charge in [-0.2, -0.15) is 0 Å². The maximum absolute atomic E-state index is 12.3. The van der Waals surface area contributed by atoms with Gasteiger partial charge in [-0.1, -0.05) is 43.7 Å². The fourth-order valence-corrected chi connectivity index (χ4v) is 2.66. The average molecular weight is 260 g/mol. The van der Waals surface area contributed by atoms with Crippen molar-refractivity contribution < 1.29 is 4.79 Å². The Hall–Kier alpha value is -1.35. The third-order valence-corrected chi connectivity index (χ3v) is 4.06. The molecule has 1 amide bonds. The Balaban J connectivity index is 2.02. The zero-order valence-corrected chi connectivity index (χ0v) is 12.1. The molecule has 0 aliphatic carbocycles. The van der Waals surface area contributed by atoms with Gasteiger partial charge in [0.1, 0.15) is 0 Å². The van der Waals surface area contributed by atoms with Crippen LogP contribution in [0.1, 0.15) is 37.4 Å². The van der Waals surface area contributed by atoms with Gasteiger partial charge >= 0.3 is 0 Å². The van der Waals surface area contributed by atoms with Crippen molar-refractivity contribution in [2.45, 2.75) is 33.2 Å². The van der Waals surface area contributed by atoms with Crippen molar-refractivity contribution in [1.82, 2.24) is 10.6 Å². The van der Waals surface area contributed by atoms with Crippen molar-refractivity contribution in [3.63, 3.8) is 0 Å². The van der Waals surface area contributed by atoms with E-state index >= 15 is 0 Å². The maximum Gasteiger partial charge on any atom is 0.225 e.